The lowest BCUT2D eigenvalue weighted by molar-refractivity contribution is 0.0126. The Balaban J connectivity index is 0.000000221. The van der Waals surface area contributed by atoms with Gasteiger partial charge in [0.2, 0.25) is 0 Å². The number of aliphatic hydroxyl groups is 1. The molecule has 2 nitrogen and oxygen atoms in total. The number of hydrogen-bond donors (Lipinski definition) is 1. The van der Waals surface area contributed by atoms with Gasteiger partial charge in [0.25, 0.3) is 0 Å². The Morgan fingerprint density at radius 1 is 1.19 bits per heavy atom. The smallest absolute Gasteiger partial charge is 0.0601 e. The Bertz CT molecular complexity index is 223. The number of ether oxygens (including phenoxy) is 1. The Hall–Kier alpha value is -0.0800. The van der Waals surface area contributed by atoms with Crippen LogP contribution in [0.2, 0.25) is 0 Å². The molecule has 2 heteroatoms. The Morgan fingerprint density at radius 2 is 1.75 bits per heavy atom. The molecule has 3 atom stereocenters. The van der Waals surface area contributed by atoms with Crippen molar-refractivity contribution in [1.82, 2.24) is 0 Å². The SMILES string of the molecule is CC1(C)[C@@H]2CC[C@@]1(C)[C@@H](O)C2.CCOCC. The van der Waals surface area contributed by atoms with Crippen molar-refractivity contribution in [3.05, 3.63) is 0 Å². The summed E-state index contributed by atoms with van der Waals surface area (Å²) >= 11 is 0. The Morgan fingerprint density at radius 3 is 1.88 bits per heavy atom. The van der Waals surface area contributed by atoms with Crippen molar-refractivity contribution in [2.24, 2.45) is 16.7 Å². The molecule has 0 unspecified atom stereocenters. The molecule has 2 rings (SSSR count). The average molecular weight is 228 g/mol. The van der Waals surface area contributed by atoms with E-state index in [-0.39, 0.29) is 11.5 Å². The molecule has 0 aliphatic heterocycles. The highest BCUT2D eigenvalue weighted by Crippen LogP contribution is 2.65. The first kappa shape index (κ1) is 14.0. The molecule has 0 saturated heterocycles. The predicted molar refractivity (Wildman–Crippen MR) is 67.4 cm³/mol. The van der Waals surface area contributed by atoms with E-state index in [1.807, 2.05) is 13.8 Å². The molecule has 0 aromatic heterocycles. The summed E-state index contributed by atoms with van der Waals surface area (Å²) in [5.41, 5.74) is 0.601. The largest absolute Gasteiger partial charge is 0.393 e. The zero-order valence-electron chi connectivity index (χ0n) is 11.5. The van der Waals surface area contributed by atoms with Crippen LogP contribution in [0.1, 0.15) is 53.9 Å². The monoisotopic (exact) mass is 228 g/mol. The van der Waals surface area contributed by atoms with Crippen LogP contribution in [-0.4, -0.2) is 24.4 Å². The fraction of sp³-hybridized carbons (Fsp3) is 1.00. The zero-order chi connectivity index (χ0) is 12.4. The third-order valence-electron chi connectivity index (χ3n) is 5.16. The molecule has 2 bridgehead atoms. The average Bonchev–Trinajstić information content (AvgIpc) is 2.53. The van der Waals surface area contributed by atoms with Crippen LogP contribution in [0.25, 0.3) is 0 Å². The topological polar surface area (TPSA) is 29.5 Å². The first-order chi connectivity index (χ1) is 7.40. The molecular weight excluding hydrogens is 200 g/mol. The highest BCUT2D eigenvalue weighted by molar-refractivity contribution is 5.10. The van der Waals surface area contributed by atoms with Crippen LogP contribution in [0, 0.1) is 16.7 Å². The molecule has 0 aromatic rings. The van der Waals surface area contributed by atoms with E-state index in [2.05, 4.69) is 20.8 Å². The molecule has 0 spiro atoms. The van der Waals surface area contributed by atoms with Gasteiger partial charge in [-0.1, -0.05) is 20.8 Å². The van der Waals surface area contributed by atoms with Gasteiger partial charge >= 0.3 is 0 Å². The molecule has 0 amide bonds. The first-order valence-electron chi connectivity index (χ1n) is 6.66. The lowest BCUT2D eigenvalue weighted by Gasteiger charge is -2.36. The van der Waals surface area contributed by atoms with Gasteiger partial charge in [-0.05, 0) is 49.9 Å². The van der Waals surface area contributed by atoms with E-state index in [0.717, 1.165) is 25.6 Å². The maximum Gasteiger partial charge on any atom is 0.0601 e. The summed E-state index contributed by atoms with van der Waals surface area (Å²) in [4.78, 5) is 0. The van der Waals surface area contributed by atoms with Crippen molar-refractivity contribution in [1.29, 1.82) is 0 Å². The fourth-order valence-electron chi connectivity index (χ4n) is 3.37. The number of fused-ring (bicyclic) bond motifs is 2. The van der Waals surface area contributed by atoms with Gasteiger partial charge in [0, 0.05) is 13.2 Å². The lowest BCUT2D eigenvalue weighted by atomic mass is 9.70. The third kappa shape index (κ3) is 2.14. The maximum absolute atomic E-state index is 9.81. The minimum atomic E-state index is -0.0313. The van der Waals surface area contributed by atoms with E-state index in [1.165, 1.54) is 12.8 Å². The zero-order valence-corrected chi connectivity index (χ0v) is 11.5. The van der Waals surface area contributed by atoms with E-state index >= 15 is 0 Å². The molecule has 0 radical (unpaired) electrons. The molecule has 0 aromatic carbocycles. The van der Waals surface area contributed by atoms with Gasteiger partial charge < -0.3 is 9.84 Å². The highest BCUT2D eigenvalue weighted by Gasteiger charge is 2.60. The summed E-state index contributed by atoms with van der Waals surface area (Å²) in [6, 6.07) is 0. The van der Waals surface area contributed by atoms with E-state index in [1.54, 1.807) is 0 Å². The van der Waals surface area contributed by atoms with Gasteiger partial charge in [0.15, 0.2) is 0 Å². The summed E-state index contributed by atoms with van der Waals surface area (Å²) in [6.07, 6.45) is 3.58. The number of rotatable bonds is 2. The molecule has 1 N–H and O–H groups in total. The van der Waals surface area contributed by atoms with Crippen molar-refractivity contribution in [2.45, 2.75) is 60.0 Å². The van der Waals surface area contributed by atoms with Gasteiger partial charge in [0.1, 0.15) is 0 Å². The summed E-state index contributed by atoms with van der Waals surface area (Å²) in [6.45, 7) is 12.6. The molecule has 2 aliphatic carbocycles. The van der Waals surface area contributed by atoms with E-state index in [4.69, 9.17) is 4.74 Å². The minimum absolute atomic E-state index is 0.0313. The van der Waals surface area contributed by atoms with Gasteiger partial charge in [-0.3, -0.25) is 0 Å². The van der Waals surface area contributed by atoms with Gasteiger partial charge in [-0.15, -0.1) is 0 Å². The molecule has 2 saturated carbocycles. The van der Waals surface area contributed by atoms with Crippen LogP contribution in [0.5, 0.6) is 0 Å². The van der Waals surface area contributed by atoms with Crippen LogP contribution in [0.4, 0.5) is 0 Å². The second kappa shape index (κ2) is 5.05. The van der Waals surface area contributed by atoms with Crippen molar-refractivity contribution in [3.63, 3.8) is 0 Å². The van der Waals surface area contributed by atoms with Crippen molar-refractivity contribution < 1.29 is 9.84 Å². The third-order valence-corrected chi connectivity index (χ3v) is 5.16. The summed E-state index contributed by atoms with van der Waals surface area (Å²) in [5, 5.41) is 9.81. The summed E-state index contributed by atoms with van der Waals surface area (Å²) in [7, 11) is 0. The Kier molecular flexibility index (Phi) is 4.42. The molecule has 2 fully saturated rings. The molecule has 0 heterocycles. The molecule has 2 aliphatic rings. The quantitative estimate of drug-likeness (QED) is 0.786. The standard InChI is InChI=1S/C10H18O.C4H10O/c1-9(2)7-4-5-10(9,3)8(11)6-7;1-3-5-4-2/h7-8,11H,4-6H2,1-3H3;3-4H2,1-2H3/t7-,8+,10+;/m1./s1. The van der Waals surface area contributed by atoms with Crippen LogP contribution >= 0.6 is 0 Å². The van der Waals surface area contributed by atoms with Crippen molar-refractivity contribution >= 4 is 0 Å². The fourth-order valence-corrected chi connectivity index (χ4v) is 3.37. The molecular formula is C14H28O2. The van der Waals surface area contributed by atoms with Crippen molar-refractivity contribution in [3.8, 4) is 0 Å². The van der Waals surface area contributed by atoms with E-state index in [0.29, 0.717) is 5.41 Å². The summed E-state index contributed by atoms with van der Waals surface area (Å²) in [5.74, 6) is 0.780. The second-order valence-corrected chi connectivity index (χ2v) is 5.91. The van der Waals surface area contributed by atoms with Gasteiger partial charge in [-0.2, -0.15) is 0 Å². The number of hydrogen-bond acceptors (Lipinski definition) is 2. The first-order valence-corrected chi connectivity index (χ1v) is 6.66. The maximum atomic E-state index is 9.81. The van der Waals surface area contributed by atoms with Crippen molar-refractivity contribution in [2.75, 3.05) is 13.2 Å². The Labute approximate surface area is 100 Å². The van der Waals surface area contributed by atoms with Crippen LogP contribution in [-0.2, 0) is 4.74 Å². The second-order valence-electron chi connectivity index (χ2n) is 5.91. The van der Waals surface area contributed by atoms with Crippen LogP contribution < -0.4 is 0 Å². The van der Waals surface area contributed by atoms with E-state index < -0.39 is 0 Å². The van der Waals surface area contributed by atoms with E-state index in [9.17, 15) is 5.11 Å². The minimum Gasteiger partial charge on any atom is -0.393 e. The van der Waals surface area contributed by atoms with Gasteiger partial charge in [0.05, 0.1) is 6.10 Å². The molecule has 96 valence electrons. The van der Waals surface area contributed by atoms with Crippen LogP contribution in [0.15, 0.2) is 0 Å². The number of aliphatic hydroxyl groups excluding tert-OH is 1. The van der Waals surface area contributed by atoms with Gasteiger partial charge in [-0.25, -0.2) is 0 Å². The summed E-state index contributed by atoms with van der Waals surface area (Å²) < 4.78 is 4.83. The lowest BCUT2D eigenvalue weighted by Crippen LogP contribution is -2.35. The molecule has 16 heavy (non-hydrogen) atoms. The predicted octanol–water partition coefficient (Wildman–Crippen LogP) is 3.24. The highest BCUT2D eigenvalue weighted by atomic mass is 16.5. The normalized spacial score (nSPS) is 39.4. The van der Waals surface area contributed by atoms with Crippen LogP contribution in [0.3, 0.4) is 0 Å².